The molecule has 0 saturated carbocycles. The molecule has 0 radical (unpaired) electrons. The SMILES string of the molecule is CN(C)C(=O)C(=O)Nc1cccc(Sc2ncc(N3CCC4(CC3)COC[C@H]4N)nc2N)c1Cl. The zero-order chi connectivity index (χ0) is 24.5. The van der Waals surface area contributed by atoms with E-state index in [1.807, 2.05) is 0 Å². The molecule has 1 spiro atoms. The Bertz CT molecular complexity index is 1090. The number of carbonyl (C=O) groups is 2. The van der Waals surface area contributed by atoms with Crippen molar-refractivity contribution in [3.05, 3.63) is 29.4 Å². The third kappa shape index (κ3) is 4.92. The predicted molar refractivity (Wildman–Crippen MR) is 132 cm³/mol. The van der Waals surface area contributed by atoms with Crippen LogP contribution in [-0.4, -0.2) is 73.1 Å². The molecule has 182 valence electrons. The Morgan fingerprint density at radius 2 is 2.06 bits per heavy atom. The van der Waals surface area contributed by atoms with Crippen LogP contribution in [0.5, 0.6) is 0 Å². The van der Waals surface area contributed by atoms with Gasteiger partial charge in [0.2, 0.25) is 0 Å². The summed E-state index contributed by atoms with van der Waals surface area (Å²) in [6, 6.07) is 5.21. The summed E-state index contributed by atoms with van der Waals surface area (Å²) in [5, 5.41) is 3.33. The first-order chi connectivity index (χ1) is 16.2. The predicted octanol–water partition coefficient (Wildman–Crippen LogP) is 1.83. The second kappa shape index (κ2) is 9.95. The van der Waals surface area contributed by atoms with E-state index in [1.54, 1.807) is 24.4 Å². The van der Waals surface area contributed by atoms with Crippen molar-refractivity contribution in [2.24, 2.45) is 11.1 Å². The quantitative estimate of drug-likeness (QED) is 0.531. The number of hydrogen-bond acceptors (Lipinski definition) is 9. The number of hydrogen-bond donors (Lipinski definition) is 3. The lowest BCUT2D eigenvalue weighted by Crippen LogP contribution is -2.49. The molecule has 4 rings (SSSR count). The number of carbonyl (C=O) groups excluding carboxylic acids is 2. The molecule has 0 bridgehead atoms. The highest BCUT2D eigenvalue weighted by atomic mass is 35.5. The first-order valence-electron chi connectivity index (χ1n) is 10.9. The topological polar surface area (TPSA) is 140 Å². The fraction of sp³-hybridized carbons (Fsp3) is 0.455. The summed E-state index contributed by atoms with van der Waals surface area (Å²) in [7, 11) is 3.00. The highest BCUT2D eigenvalue weighted by Gasteiger charge is 2.44. The van der Waals surface area contributed by atoms with Crippen molar-refractivity contribution in [3.63, 3.8) is 0 Å². The van der Waals surface area contributed by atoms with Gasteiger partial charge in [0.25, 0.3) is 0 Å². The van der Waals surface area contributed by atoms with Gasteiger partial charge in [-0.05, 0) is 25.0 Å². The van der Waals surface area contributed by atoms with Crippen LogP contribution in [0.4, 0.5) is 17.3 Å². The summed E-state index contributed by atoms with van der Waals surface area (Å²) >= 11 is 7.72. The molecule has 2 aromatic rings. The van der Waals surface area contributed by atoms with Gasteiger partial charge in [-0.25, -0.2) is 9.97 Å². The van der Waals surface area contributed by atoms with Gasteiger partial charge in [0.1, 0.15) is 10.8 Å². The molecule has 1 aromatic carbocycles. The fourth-order valence-corrected chi connectivity index (χ4v) is 5.25. The van der Waals surface area contributed by atoms with Gasteiger partial charge in [0.15, 0.2) is 5.82 Å². The molecule has 12 heteroatoms. The van der Waals surface area contributed by atoms with Crippen LogP contribution in [-0.2, 0) is 14.3 Å². The van der Waals surface area contributed by atoms with E-state index in [2.05, 4.69) is 20.2 Å². The van der Waals surface area contributed by atoms with Gasteiger partial charge in [-0.2, -0.15) is 0 Å². The van der Waals surface area contributed by atoms with Crippen molar-refractivity contribution < 1.29 is 14.3 Å². The maximum Gasteiger partial charge on any atom is 0.313 e. The lowest BCUT2D eigenvalue weighted by Gasteiger charge is -2.41. The third-order valence-electron chi connectivity index (χ3n) is 6.33. The number of likely N-dealkylation sites (N-methyl/N-ethyl adjacent to an activating group) is 1. The molecule has 2 saturated heterocycles. The summed E-state index contributed by atoms with van der Waals surface area (Å²) in [5.41, 5.74) is 12.9. The molecule has 2 amide bonds. The molecular weight excluding hydrogens is 478 g/mol. The van der Waals surface area contributed by atoms with Gasteiger partial charge in [0.05, 0.1) is 30.1 Å². The lowest BCUT2D eigenvalue weighted by molar-refractivity contribution is -0.141. The van der Waals surface area contributed by atoms with E-state index in [-0.39, 0.29) is 22.3 Å². The summed E-state index contributed by atoms with van der Waals surface area (Å²) in [5.74, 6) is -0.437. The van der Waals surface area contributed by atoms with Crippen molar-refractivity contribution >= 4 is 52.5 Å². The van der Waals surface area contributed by atoms with E-state index >= 15 is 0 Å². The fourth-order valence-electron chi connectivity index (χ4n) is 4.15. The number of nitrogens with one attached hydrogen (secondary N) is 1. The number of piperidine rings is 1. The van der Waals surface area contributed by atoms with Crippen LogP contribution in [0.15, 0.2) is 34.3 Å². The Balaban J connectivity index is 1.44. The van der Waals surface area contributed by atoms with Crippen LogP contribution in [0, 0.1) is 5.41 Å². The average Bonchev–Trinajstić information content (AvgIpc) is 3.16. The van der Waals surface area contributed by atoms with Crippen LogP contribution in [0.1, 0.15) is 12.8 Å². The Kier molecular flexibility index (Phi) is 7.17. The smallest absolute Gasteiger partial charge is 0.313 e. The van der Waals surface area contributed by atoms with Crippen LogP contribution in [0.3, 0.4) is 0 Å². The van der Waals surface area contributed by atoms with Crippen molar-refractivity contribution in [1.82, 2.24) is 14.9 Å². The number of nitrogens with zero attached hydrogens (tertiary/aromatic N) is 4. The first-order valence-corrected chi connectivity index (χ1v) is 12.1. The molecule has 5 N–H and O–H groups in total. The molecule has 1 atom stereocenters. The molecule has 0 unspecified atom stereocenters. The maximum atomic E-state index is 12.1. The van der Waals surface area contributed by atoms with E-state index in [4.69, 9.17) is 27.8 Å². The van der Waals surface area contributed by atoms with E-state index in [0.717, 1.165) is 38.4 Å². The minimum Gasteiger partial charge on any atom is -0.381 e. The van der Waals surface area contributed by atoms with E-state index in [1.165, 1.54) is 30.8 Å². The highest BCUT2D eigenvalue weighted by Crippen LogP contribution is 2.41. The van der Waals surface area contributed by atoms with Gasteiger partial charge in [-0.1, -0.05) is 29.4 Å². The number of aromatic nitrogens is 2. The number of ether oxygens (including phenoxy) is 1. The van der Waals surface area contributed by atoms with Crippen molar-refractivity contribution in [3.8, 4) is 0 Å². The van der Waals surface area contributed by atoms with Crippen molar-refractivity contribution in [2.75, 3.05) is 56.3 Å². The Morgan fingerprint density at radius 3 is 2.68 bits per heavy atom. The molecule has 2 fully saturated rings. The number of rotatable bonds is 4. The normalized spacial score (nSPS) is 19.3. The monoisotopic (exact) mass is 505 g/mol. The Morgan fingerprint density at radius 1 is 1.32 bits per heavy atom. The maximum absolute atomic E-state index is 12.1. The summed E-state index contributed by atoms with van der Waals surface area (Å²) in [6.07, 6.45) is 3.59. The molecule has 3 heterocycles. The Labute approximate surface area is 207 Å². The van der Waals surface area contributed by atoms with Crippen molar-refractivity contribution in [1.29, 1.82) is 0 Å². The van der Waals surface area contributed by atoms with Gasteiger partial charge in [-0.15, -0.1) is 0 Å². The molecule has 10 nitrogen and oxygen atoms in total. The molecule has 2 aliphatic rings. The third-order valence-corrected chi connectivity index (χ3v) is 7.91. The number of amides is 2. The Hall–Kier alpha value is -2.60. The number of benzene rings is 1. The summed E-state index contributed by atoms with van der Waals surface area (Å²) in [4.78, 5) is 37.0. The zero-order valence-corrected chi connectivity index (χ0v) is 20.7. The molecule has 0 aliphatic carbocycles. The minimum atomic E-state index is -0.772. The highest BCUT2D eigenvalue weighted by molar-refractivity contribution is 7.99. The molecule has 2 aliphatic heterocycles. The second-order valence-electron chi connectivity index (χ2n) is 8.76. The lowest BCUT2D eigenvalue weighted by atomic mass is 9.75. The summed E-state index contributed by atoms with van der Waals surface area (Å²) < 4.78 is 5.60. The first kappa shape index (κ1) is 24.5. The van der Waals surface area contributed by atoms with Crippen LogP contribution in [0.2, 0.25) is 5.02 Å². The van der Waals surface area contributed by atoms with Gasteiger partial charge in [-0.3, -0.25) is 9.59 Å². The number of anilines is 3. The van der Waals surface area contributed by atoms with E-state index in [9.17, 15) is 9.59 Å². The average molecular weight is 506 g/mol. The van der Waals surface area contributed by atoms with Gasteiger partial charge >= 0.3 is 11.8 Å². The van der Waals surface area contributed by atoms with Crippen molar-refractivity contribution in [2.45, 2.75) is 28.8 Å². The number of nitrogen functional groups attached to an aromatic ring is 1. The zero-order valence-electron chi connectivity index (χ0n) is 19.1. The number of nitrogens with two attached hydrogens (primary N) is 2. The minimum absolute atomic E-state index is 0.0552. The van der Waals surface area contributed by atoms with Gasteiger partial charge < -0.3 is 31.3 Å². The van der Waals surface area contributed by atoms with E-state index < -0.39 is 11.8 Å². The molecular formula is C22H28ClN7O3S. The van der Waals surface area contributed by atoms with Gasteiger partial charge in [0, 0.05) is 43.5 Å². The largest absolute Gasteiger partial charge is 0.381 e. The summed E-state index contributed by atoms with van der Waals surface area (Å²) in [6.45, 7) is 2.97. The van der Waals surface area contributed by atoms with Crippen LogP contribution >= 0.6 is 23.4 Å². The van der Waals surface area contributed by atoms with Crippen LogP contribution < -0.4 is 21.7 Å². The number of halogens is 1. The molecule has 1 aromatic heterocycles. The van der Waals surface area contributed by atoms with Crippen LogP contribution in [0.25, 0.3) is 0 Å². The van der Waals surface area contributed by atoms with E-state index in [0.29, 0.717) is 22.2 Å². The molecule has 34 heavy (non-hydrogen) atoms. The second-order valence-corrected chi connectivity index (χ2v) is 10.2. The standard InChI is InChI=1S/C22H28ClN7O3S/c1-29(2)21(32)19(31)27-13-4-3-5-14(17(13)23)34-20-18(25)28-16(10-26-20)30-8-6-22(7-9-30)12-33-11-15(22)24/h3-5,10,15H,6-9,11-12,24H2,1-2H3,(H2,25,28)(H,27,31)/t15-/m1/s1.